The lowest BCUT2D eigenvalue weighted by atomic mass is 9.92. The normalized spacial score (nSPS) is 21.7. The van der Waals surface area contributed by atoms with Gasteiger partial charge in [0.25, 0.3) is 0 Å². The zero-order valence-electron chi connectivity index (χ0n) is 6.23. The fraction of sp³-hybridized carbons (Fsp3) is 0.250. The van der Waals surface area contributed by atoms with Crippen LogP contribution < -0.4 is 0 Å². The first-order valence-corrected chi connectivity index (χ1v) is 3.45. The average Bonchev–Trinajstić information content (AvgIpc) is 2.04. The Morgan fingerprint density at radius 1 is 1.42 bits per heavy atom. The van der Waals surface area contributed by atoms with Crippen LogP contribution in [0.1, 0.15) is 6.42 Å². The second-order valence-electron chi connectivity index (χ2n) is 2.48. The van der Waals surface area contributed by atoms with Crippen LogP contribution in [0.3, 0.4) is 0 Å². The largest absolute Gasteiger partial charge is 0.481 e. The second kappa shape index (κ2) is 3.21. The summed E-state index contributed by atoms with van der Waals surface area (Å²) in [6.07, 6.45) is 4.78. The summed E-state index contributed by atoms with van der Waals surface area (Å²) in [5, 5.41) is 17.2. The molecule has 1 aliphatic carbocycles. The summed E-state index contributed by atoms with van der Waals surface area (Å²) in [7, 11) is 0. The third-order valence-electron chi connectivity index (χ3n) is 1.70. The lowest BCUT2D eigenvalue weighted by Gasteiger charge is -2.12. The maximum Gasteiger partial charge on any atom is 0.332 e. The molecule has 0 aromatic carbocycles. The first kappa shape index (κ1) is 8.52. The molecule has 0 amide bonds. The molecule has 1 aliphatic rings. The SMILES string of the molecule is O=C(O)C1=CC=CCC1C(=O)O. The van der Waals surface area contributed by atoms with Gasteiger partial charge >= 0.3 is 11.9 Å². The molecule has 1 atom stereocenters. The number of aliphatic carboxylic acids is 2. The Kier molecular flexibility index (Phi) is 2.28. The van der Waals surface area contributed by atoms with Crippen molar-refractivity contribution in [1.82, 2.24) is 0 Å². The third kappa shape index (κ3) is 1.53. The van der Waals surface area contributed by atoms with E-state index in [1.54, 1.807) is 12.2 Å². The molecule has 1 rings (SSSR count). The number of carbonyl (C=O) groups is 2. The topological polar surface area (TPSA) is 74.6 Å². The number of allylic oxidation sites excluding steroid dienone is 3. The van der Waals surface area contributed by atoms with Crippen LogP contribution in [0.25, 0.3) is 0 Å². The smallest absolute Gasteiger partial charge is 0.332 e. The van der Waals surface area contributed by atoms with E-state index in [1.165, 1.54) is 6.08 Å². The maximum atomic E-state index is 10.5. The van der Waals surface area contributed by atoms with E-state index in [0.29, 0.717) is 0 Å². The zero-order valence-corrected chi connectivity index (χ0v) is 6.23. The van der Waals surface area contributed by atoms with Crippen molar-refractivity contribution in [3.63, 3.8) is 0 Å². The molecule has 4 heteroatoms. The lowest BCUT2D eigenvalue weighted by Crippen LogP contribution is -2.22. The molecule has 1 unspecified atom stereocenters. The number of carboxylic acids is 2. The van der Waals surface area contributed by atoms with Gasteiger partial charge in [0.2, 0.25) is 0 Å². The summed E-state index contributed by atoms with van der Waals surface area (Å²) in [6, 6.07) is 0. The second-order valence-corrected chi connectivity index (χ2v) is 2.48. The van der Waals surface area contributed by atoms with E-state index in [4.69, 9.17) is 10.2 Å². The average molecular weight is 168 g/mol. The number of hydrogen-bond acceptors (Lipinski definition) is 2. The Hall–Kier alpha value is -1.58. The van der Waals surface area contributed by atoms with Gasteiger partial charge in [-0.25, -0.2) is 4.79 Å². The minimum absolute atomic E-state index is 0.0509. The Morgan fingerprint density at radius 2 is 2.08 bits per heavy atom. The molecule has 4 nitrogen and oxygen atoms in total. The Balaban J connectivity index is 2.91. The molecule has 0 aliphatic heterocycles. The zero-order chi connectivity index (χ0) is 9.14. The van der Waals surface area contributed by atoms with Gasteiger partial charge in [0, 0.05) is 0 Å². The molecule has 0 fully saturated rings. The standard InChI is InChI=1S/C8H8O4/c9-7(10)5-3-1-2-4-6(5)8(11)12/h1-3,6H,4H2,(H,9,10)(H,11,12). The van der Waals surface area contributed by atoms with Gasteiger partial charge in [0.15, 0.2) is 0 Å². The fourth-order valence-electron chi connectivity index (χ4n) is 1.08. The molecular formula is C8H8O4. The minimum atomic E-state index is -1.16. The highest BCUT2D eigenvalue weighted by atomic mass is 16.4. The quantitative estimate of drug-likeness (QED) is 0.635. The van der Waals surface area contributed by atoms with E-state index in [1.807, 2.05) is 0 Å². The molecule has 0 saturated carbocycles. The van der Waals surface area contributed by atoms with Crippen LogP contribution in [0.4, 0.5) is 0 Å². The van der Waals surface area contributed by atoms with Crippen molar-refractivity contribution < 1.29 is 19.8 Å². The van der Waals surface area contributed by atoms with E-state index in [2.05, 4.69) is 0 Å². The molecule has 0 heterocycles. The monoisotopic (exact) mass is 168 g/mol. The van der Waals surface area contributed by atoms with Crippen LogP contribution in [-0.4, -0.2) is 22.2 Å². The van der Waals surface area contributed by atoms with E-state index in [0.717, 1.165) is 0 Å². The van der Waals surface area contributed by atoms with Gasteiger partial charge < -0.3 is 10.2 Å². The highest BCUT2D eigenvalue weighted by Crippen LogP contribution is 2.20. The molecule has 0 spiro atoms. The van der Waals surface area contributed by atoms with Crippen LogP contribution in [0, 0.1) is 5.92 Å². The molecular weight excluding hydrogens is 160 g/mol. The predicted molar refractivity (Wildman–Crippen MR) is 40.6 cm³/mol. The van der Waals surface area contributed by atoms with Gasteiger partial charge in [-0.05, 0) is 6.42 Å². The minimum Gasteiger partial charge on any atom is -0.481 e. The van der Waals surface area contributed by atoms with Crippen molar-refractivity contribution >= 4 is 11.9 Å². The first-order chi connectivity index (χ1) is 5.63. The molecule has 0 radical (unpaired) electrons. The van der Waals surface area contributed by atoms with Gasteiger partial charge in [0.05, 0.1) is 11.5 Å². The number of carboxylic acid groups (broad SMARTS) is 2. The maximum absolute atomic E-state index is 10.5. The fourth-order valence-corrected chi connectivity index (χ4v) is 1.08. The lowest BCUT2D eigenvalue weighted by molar-refractivity contribution is -0.143. The Bertz CT molecular complexity index is 275. The van der Waals surface area contributed by atoms with E-state index in [-0.39, 0.29) is 12.0 Å². The summed E-state index contributed by atoms with van der Waals surface area (Å²) >= 11 is 0. The number of hydrogen-bond donors (Lipinski definition) is 2. The molecule has 64 valence electrons. The molecule has 0 aromatic heterocycles. The number of rotatable bonds is 2. The van der Waals surface area contributed by atoms with E-state index in [9.17, 15) is 9.59 Å². The molecule has 0 aromatic rings. The molecule has 2 N–H and O–H groups in total. The predicted octanol–water partition coefficient (Wildman–Crippen LogP) is 0.658. The first-order valence-electron chi connectivity index (χ1n) is 3.45. The van der Waals surface area contributed by atoms with E-state index < -0.39 is 17.9 Å². The summed E-state index contributed by atoms with van der Waals surface area (Å²) in [4.78, 5) is 21.0. The van der Waals surface area contributed by atoms with Gasteiger partial charge in [-0.1, -0.05) is 18.2 Å². The van der Waals surface area contributed by atoms with Crippen LogP contribution in [-0.2, 0) is 9.59 Å². The van der Waals surface area contributed by atoms with Gasteiger partial charge in [-0.2, -0.15) is 0 Å². The van der Waals surface area contributed by atoms with Crippen LogP contribution in [0.15, 0.2) is 23.8 Å². The molecule has 0 saturated heterocycles. The van der Waals surface area contributed by atoms with Gasteiger partial charge in [0.1, 0.15) is 0 Å². The molecule has 12 heavy (non-hydrogen) atoms. The van der Waals surface area contributed by atoms with Gasteiger partial charge in [-0.15, -0.1) is 0 Å². The van der Waals surface area contributed by atoms with Crippen molar-refractivity contribution in [2.24, 2.45) is 5.92 Å². The summed E-state index contributed by atoms with van der Waals surface area (Å²) in [5.41, 5.74) is -0.0509. The summed E-state index contributed by atoms with van der Waals surface area (Å²) in [6.45, 7) is 0. The summed E-state index contributed by atoms with van der Waals surface area (Å²) in [5.74, 6) is -3.15. The van der Waals surface area contributed by atoms with Crippen LogP contribution in [0.2, 0.25) is 0 Å². The van der Waals surface area contributed by atoms with Crippen LogP contribution in [0.5, 0.6) is 0 Å². The van der Waals surface area contributed by atoms with Crippen molar-refractivity contribution in [2.75, 3.05) is 0 Å². The van der Waals surface area contributed by atoms with Crippen molar-refractivity contribution in [3.05, 3.63) is 23.8 Å². The van der Waals surface area contributed by atoms with Crippen LogP contribution >= 0.6 is 0 Å². The highest BCUT2D eigenvalue weighted by molar-refractivity contribution is 5.94. The Labute approximate surface area is 68.8 Å². The highest BCUT2D eigenvalue weighted by Gasteiger charge is 2.26. The van der Waals surface area contributed by atoms with Crippen molar-refractivity contribution in [3.8, 4) is 0 Å². The van der Waals surface area contributed by atoms with Crippen molar-refractivity contribution in [1.29, 1.82) is 0 Å². The summed E-state index contributed by atoms with van der Waals surface area (Å²) < 4.78 is 0. The van der Waals surface area contributed by atoms with Crippen molar-refractivity contribution in [2.45, 2.75) is 6.42 Å². The Morgan fingerprint density at radius 3 is 2.50 bits per heavy atom. The third-order valence-corrected chi connectivity index (χ3v) is 1.70. The van der Waals surface area contributed by atoms with Gasteiger partial charge in [-0.3, -0.25) is 4.79 Å². The molecule has 0 bridgehead atoms. The van der Waals surface area contributed by atoms with E-state index >= 15 is 0 Å².